The predicted molar refractivity (Wildman–Crippen MR) is 67.1 cm³/mol. The zero-order valence-electron chi connectivity index (χ0n) is 9.22. The van der Waals surface area contributed by atoms with Crippen LogP contribution in [0.2, 0.25) is 0 Å². The molecule has 86 valence electrons. The summed E-state index contributed by atoms with van der Waals surface area (Å²) in [6, 6.07) is 13.9. The molecule has 17 heavy (non-hydrogen) atoms. The molecule has 0 radical (unpaired) electrons. The molecule has 0 saturated carbocycles. The lowest BCUT2D eigenvalue weighted by Gasteiger charge is -2.04. The number of thiophene rings is 1. The molecule has 0 aliphatic carbocycles. The molecule has 2 aromatic rings. The van der Waals surface area contributed by atoms with Crippen LogP contribution in [0, 0.1) is 11.3 Å². The maximum atomic E-state index is 8.68. The molecule has 0 aliphatic rings. The fourth-order valence-electron chi connectivity index (χ4n) is 1.36. The van der Waals surface area contributed by atoms with Gasteiger partial charge in [0.05, 0.1) is 18.7 Å². The maximum Gasteiger partial charge on any atom is 0.100 e. The van der Waals surface area contributed by atoms with Crippen molar-refractivity contribution in [3.05, 3.63) is 57.8 Å². The van der Waals surface area contributed by atoms with Gasteiger partial charge in [-0.15, -0.1) is 11.3 Å². The van der Waals surface area contributed by atoms with Crippen LogP contribution in [0.3, 0.4) is 0 Å². The third kappa shape index (κ3) is 3.68. The van der Waals surface area contributed by atoms with Crippen molar-refractivity contribution in [1.82, 2.24) is 5.48 Å². The number of nitrogens with zero attached hydrogens (tertiary/aromatic N) is 1. The van der Waals surface area contributed by atoms with Crippen molar-refractivity contribution in [3.63, 3.8) is 0 Å². The SMILES string of the molecule is N#Cc1csc(CNOCc2ccccc2)c1. The quantitative estimate of drug-likeness (QED) is 0.649. The summed E-state index contributed by atoms with van der Waals surface area (Å²) < 4.78 is 0. The summed E-state index contributed by atoms with van der Waals surface area (Å²) >= 11 is 1.56. The van der Waals surface area contributed by atoms with Gasteiger partial charge in [0.1, 0.15) is 6.07 Å². The second kappa shape index (κ2) is 6.16. The molecule has 4 heteroatoms. The second-order valence-corrected chi connectivity index (χ2v) is 4.50. The first-order valence-electron chi connectivity index (χ1n) is 5.24. The minimum atomic E-state index is 0.539. The van der Waals surface area contributed by atoms with Crippen molar-refractivity contribution in [3.8, 4) is 6.07 Å². The Morgan fingerprint density at radius 3 is 2.82 bits per heavy atom. The van der Waals surface area contributed by atoms with Gasteiger partial charge in [-0.25, -0.2) is 0 Å². The van der Waals surface area contributed by atoms with E-state index in [1.54, 1.807) is 11.3 Å². The molecule has 1 aromatic carbocycles. The number of hydroxylamine groups is 1. The van der Waals surface area contributed by atoms with Crippen LogP contribution < -0.4 is 5.48 Å². The van der Waals surface area contributed by atoms with Gasteiger partial charge in [0.2, 0.25) is 0 Å². The average Bonchev–Trinajstić information content (AvgIpc) is 2.84. The molecule has 1 N–H and O–H groups in total. The number of hydrogen-bond acceptors (Lipinski definition) is 4. The summed E-state index contributed by atoms with van der Waals surface area (Å²) in [4.78, 5) is 6.43. The third-order valence-corrected chi connectivity index (χ3v) is 3.15. The fourth-order valence-corrected chi connectivity index (χ4v) is 2.10. The Hall–Kier alpha value is -1.67. The minimum Gasteiger partial charge on any atom is -0.297 e. The van der Waals surface area contributed by atoms with Crippen LogP contribution in [0.15, 0.2) is 41.8 Å². The molecule has 1 heterocycles. The molecule has 2 rings (SSSR count). The Morgan fingerprint density at radius 2 is 2.12 bits per heavy atom. The summed E-state index contributed by atoms with van der Waals surface area (Å²) in [6.45, 7) is 1.16. The molecule has 0 bridgehead atoms. The molecular weight excluding hydrogens is 232 g/mol. The first-order valence-corrected chi connectivity index (χ1v) is 6.12. The van der Waals surface area contributed by atoms with E-state index in [0.717, 1.165) is 10.4 Å². The predicted octanol–water partition coefficient (Wildman–Crippen LogP) is 2.84. The average molecular weight is 244 g/mol. The molecular formula is C13H12N2OS. The van der Waals surface area contributed by atoms with E-state index in [1.165, 1.54) is 0 Å². The number of nitrogens with one attached hydrogen (secondary N) is 1. The lowest BCUT2D eigenvalue weighted by Crippen LogP contribution is -2.12. The monoisotopic (exact) mass is 244 g/mol. The van der Waals surface area contributed by atoms with Gasteiger partial charge in [0.25, 0.3) is 0 Å². The summed E-state index contributed by atoms with van der Waals surface area (Å²) in [5.74, 6) is 0. The normalized spacial score (nSPS) is 10.1. The molecule has 1 aromatic heterocycles. The largest absolute Gasteiger partial charge is 0.297 e. The Morgan fingerprint density at radius 1 is 1.29 bits per heavy atom. The van der Waals surface area contributed by atoms with Crippen LogP contribution in [-0.2, 0) is 18.0 Å². The summed E-state index contributed by atoms with van der Waals surface area (Å²) in [5.41, 5.74) is 4.72. The Kier molecular flexibility index (Phi) is 4.28. The molecule has 0 amide bonds. The van der Waals surface area contributed by atoms with Crippen molar-refractivity contribution in [1.29, 1.82) is 5.26 Å². The second-order valence-electron chi connectivity index (χ2n) is 3.51. The number of hydrogen-bond donors (Lipinski definition) is 1. The summed E-state index contributed by atoms with van der Waals surface area (Å²) in [7, 11) is 0. The van der Waals surface area contributed by atoms with Crippen molar-refractivity contribution in [2.24, 2.45) is 0 Å². The fraction of sp³-hybridized carbons (Fsp3) is 0.154. The molecule has 3 nitrogen and oxygen atoms in total. The van der Waals surface area contributed by atoms with Crippen molar-refractivity contribution < 1.29 is 4.84 Å². The molecule has 0 saturated heterocycles. The highest BCUT2D eigenvalue weighted by Crippen LogP contribution is 2.13. The van der Waals surface area contributed by atoms with Crippen LogP contribution in [-0.4, -0.2) is 0 Å². The molecule has 0 spiro atoms. The Labute approximate surface area is 104 Å². The van der Waals surface area contributed by atoms with E-state index < -0.39 is 0 Å². The first kappa shape index (κ1) is 11.8. The van der Waals surface area contributed by atoms with Gasteiger partial charge < -0.3 is 0 Å². The topological polar surface area (TPSA) is 45.0 Å². The first-order chi connectivity index (χ1) is 8.38. The van der Waals surface area contributed by atoms with E-state index in [0.29, 0.717) is 18.7 Å². The van der Waals surface area contributed by atoms with Gasteiger partial charge in [-0.05, 0) is 11.6 Å². The van der Waals surface area contributed by atoms with E-state index in [9.17, 15) is 0 Å². The van der Waals surface area contributed by atoms with Gasteiger partial charge >= 0.3 is 0 Å². The van der Waals surface area contributed by atoms with Crippen LogP contribution in [0.25, 0.3) is 0 Å². The van der Waals surface area contributed by atoms with E-state index in [-0.39, 0.29) is 0 Å². The summed E-state index contributed by atoms with van der Waals surface area (Å²) in [6.07, 6.45) is 0. The van der Waals surface area contributed by atoms with Gasteiger partial charge in [0.15, 0.2) is 0 Å². The summed E-state index contributed by atoms with van der Waals surface area (Å²) in [5, 5.41) is 10.5. The smallest absolute Gasteiger partial charge is 0.100 e. The molecule has 0 fully saturated rings. The lowest BCUT2D eigenvalue weighted by atomic mass is 10.2. The zero-order valence-corrected chi connectivity index (χ0v) is 10.0. The van der Waals surface area contributed by atoms with Crippen LogP contribution in [0.5, 0.6) is 0 Å². The highest BCUT2D eigenvalue weighted by molar-refractivity contribution is 7.10. The lowest BCUT2D eigenvalue weighted by molar-refractivity contribution is 0.0240. The van der Waals surface area contributed by atoms with Crippen molar-refractivity contribution >= 4 is 11.3 Å². The van der Waals surface area contributed by atoms with E-state index >= 15 is 0 Å². The number of rotatable bonds is 5. The van der Waals surface area contributed by atoms with E-state index in [1.807, 2.05) is 41.8 Å². The van der Waals surface area contributed by atoms with Gasteiger partial charge in [0, 0.05) is 10.3 Å². The van der Waals surface area contributed by atoms with Gasteiger partial charge in [-0.2, -0.15) is 10.7 Å². The third-order valence-electron chi connectivity index (χ3n) is 2.21. The maximum absolute atomic E-state index is 8.68. The molecule has 0 unspecified atom stereocenters. The Balaban J connectivity index is 1.72. The minimum absolute atomic E-state index is 0.539. The van der Waals surface area contributed by atoms with Crippen LogP contribution >= 0.6 is 11.3 Å². The van der Waals surface area contributed by atoms with E-state index in [2.05, 4.69) is 11.5 Å². The van der Waals surface area contributed by atoms with Gasteiger partial charge in [-0.1, -0.05) is 30.3 Å². The molecule has 0 aliphatic heterocycles. The van der Waals surface area contributed by atoms with Crippen LogP contribution in [0.4, 0.5) is 0 Å². The van der Waals surface area contributed by atoms with Crippen molar-refractivity contribution in [2.45, 2.75) is 13.2 Å². The zero-order chi connectivity index (χ0) is 11.9. The Bertz CT molecular complexity index is 502. The highest BCUT2D eigenvalue weighted by Gasteiger charge is 1.98. The molecule has 0 atom stereocenters. The van der Waals surface area contributed by atoms with Crippen LogP contribution in [0.1, 0.15) is 16.0 Å². The number of nitriles is 1. The van der Waals surface area contributed by atoms with Crippen molar-refractivity contribution in [2.75, 3.05) is 0 Å². The number of benzene rings is 1. The van der Waals surface area contributed by atoms with E-state index in [4.69, 9.17) is 10.1 Å². The van der Waals surface area contributed by atoms with Gasteiger partial charge in [-0.3, -0.25) is 4.84 Å². The highest BCUT2D eigenvalue weighted by atomic mass is 32.1. The standard InChI is InChI=1S/C13H12N2OS/c14-7-12-6-13(17-10-12)8-15-16-9-11-4-2-1-3-5-11/h1-6,10,15H,8-9H2.